The topological polar surface area (TPSA) is 26.3 Å². The third kappa shape index (κ3) is 2.73. The molecule has 0 heterocycles. The monoisotopic (exact) mass is 190 g/mol. The van der Waals surface area contributed by atoms with E-state index >= 15 is 0 Å². The van der Waals surface area contributed by atoms with Gasteiger partial charge in [0.05, 0.1) is 0 Å². The minimum atomic E-state index is -0.0643. The Balaban J connectivity index is 2.65. The predicted octanol–water partition coefficient (Wildman–Crippen LogP) is 2.87. The van der Waals surface area contributed by atoms with E-state index in [2.05, 4.69) is 6.58 Å². The second-order valence-electron chi connectivity index (χ2n) is 3.12. The van der Waals surface area contributed by atoms with Gasteiger partial charge in [0.2, 0.25) is 0 Å². The second kappa shape index (κ2) is 4.61. The average molecular weight is 190 g/mol. The van der Waals surface area contributed by atoms with Gasteiger partial charge in [-0.2, -0.15) is 0 Å². The first-order valence-corrected chi connectivity index (χ1v) is 4.60. The maximum Gasteiger partial charge on any atom is 0.197 e. The van der Waals surface area contributed by atoms with E-state index in [0.717, 1.165) is 5.56 Å². The minimum absolute atomic E-state index is 0.0643. The molecule has 0 spiro atoms. The lowest BCUT2D eigenvalue weighted by Gasteiger charge is -2.06. The molecule has 0 atom stereocenters. The van der Waals surface area contributed by atoms with Gasteiger partial charge in [-0.15, -0.1) is 0 Å². The molecule has 74 valence electrons. The Kier molecular flexibility index (Phi) is 3.46. The number of ketones is 1. The normalized spacial score (nSPS) is 9.57. The molecule has 2 nitrogen and oxygen atoms in total. The number of rotatable bonds is 4. The lowest BCUT2D eigenvalue weighted by atomic mass is 10.2. The van der Waals surface area contributed by atoms with Crippen molar-refractivity contribution in [3.05, 3.63) is 42.2 Å². The van der Waals surface area contributed by atoms with Crippen molar-refractivity contribution < 1.29 is 9.53 Å². The summed E-state index contributed by atoms with van der Waals surface area (Å²) in [6.07, 6.45) is 0.421. The van der Waals surface area contributed by atoms with Gasteiger partial charge >= 0.3 is 0 Å². The zero-order valence-electron chi connectivity index (χ0n) is 8.54. The summed E-state index contributed by atoms with van der Waals surface area (Å²) in [5.41, 5.74) is 1.16. The van der Waals surface area contributed by atoms with E-state index in [4.69, 9.17) is 4.74 Å². The van der Waals surface area contributed by atoms with Crippen LogP contribution in [0.25, 0.3) is 0 Å². The molecule has 0 aromatic heterocycles. The molecule has 0 radical (unpaired) electrons. The van der Waals surface area contributed by atoms with Crippen LogP contribution in [0.1, 0.15) is 18.9 Å². The van der Waals surface area contributed by atoms with E-state index in [0.29, 0.717) is 12.2 Å². The summed E-state index contributed by atoms with van der Waals surface area (Å²) in [5, 5.41) is 0. The molecule has 0 saturated carbocycles. The second-order valence-corrected chi connectivity index (χ2v) is 3.12. The molecule has 0 aliphatic heterocycles. The van der Waals surface area contributed by atoms with Crippen molar-refractivity contribution in [1.82, 2.24) is 0 Å². The van der Waals surface area contributed by atoms with Gasteiger partial charge < -0.3 is 4.74 Å². The molecule has 0 bridgehead atoms. The molecule has 0 aliphatic rings. The largest absolute Gasteiger partial charge is 0.454 e. The van der Waals surface area contributed by atoms with Gasteiger partial charge in [0.25, 0.3) is 0 Å². The Labute approximate surface area is 84.2 Å². The predicted molar refractivity (Wildman–Crippen MR) is 56.2 cm³/mol. The molecular weight excluding hydrogens is 176 g/mol. The lowest BCUT2D eigenvalue weighted by Crippen LogP contribution is -2.05. The molecule has 1 aromatic carbocycles. The van der Waals surface area contributed by atoms with Crippen molar-refractivity contribution in [2.45, 2.75) is 20.3 Å². The van der Waals surface area contributed by atoms with E-state index in [1.807, 2.05) is 31.2 Å². The minimum Gasteiger partial charge on any atom is -0.454 e. The zero-order valence-corrected chi connectivity index (χ0v) is 8.54. The SMILES string of the molecule is C=C(Oc1ccc(C)cc1)C(=O)CC. The number of hydrogen-bond acceptors (Lipinski definition) is 2. The standard InChI is InChI=1S/C12H14O2/c1-4-12(13)10(3)14-11-7-5-9(2)6-8-11/h5-8H,3-4H2,1-2H3. The van der Waals surface area contributed by atoms with E-state index in [1.54, 1.807) is 6.92 Å². The average Bonchev–Trinajstić information content (AvgIpc) is 2.20. The summed E-state index contributed by atoms with van der Waals surface area (Å²) in [6, 6.07) is 7.50. The molecule has 2 heteroatoms. The number of carbonyl (C=O) groups is 1. The fraction of sp³-hybridized carbons (Fsp3) is 0.250. The summed E-state index contributed by atoms with van der Waals surface area (Å²) < 4.78 is 5.28. The summed E-state index contributed by atoms with van der Waals surface area (Å²) in [6.45, 7) is 7.35. The fourth-order valence-corrected chi connectivity index (χ4v) is 1.00. The number of carbonyl (C=O) groups excluding carboxylic acids is 1. The molecule has 14 heavy (non-hydrogen) atoms. The van der Waals surface area contributed by atoms with Crippen LogP contribution in [0.5, 0.6) is 5.75 Å². The first-order valence-electron chi connectivity index (χ1n) is 4.60. The highest BCUT2D eigenvalue weighted by atomic mass is 16.5. The van der Waals surface area contributed by atoms with Crippen LogP contribution < -0.4 is 4.74 Å². The Morgan fingerprint density at radius 2 is 1.93 bits per heavy atom. The number of Topliss-reactive ketones (excluding diaryl/α,β-unsaturated/α-hetero) is 1. The summed E-state index contributed by atoms with van der Waals surface area (Å²) in [4.78, 5) is 11.2. The molecule has 1 rings (SSSR count). The fourth-order valence-electron chi connectivity index (χ4n) is 1.00. The van der Waals surface area contributed by atoms with E-state index in [1.165, 1.54) is 0 Å². The van der Waals surface area contributed by atoms with E-state index in [9.17, 15) is 4.79 Å². The smallest absolute Gasteiger partial charge is 0.197 e. The van der Waals surface area contributed by atoms with Gasteiger partial charge in [-0.3, -0.25) is 4.79 Å². The van der Waals surface area contributed by atoms with E-state index in [-0.39, 0.29) is 11.5 Å². The van der Waals surface area contributed by atoms with Crippen LogP contribution in [-0.2, 0) is 4.79 Å². The molecule has 1 aromatic rings. The maximum absolute atomic E-state index is 11.2. The number of hydrogen-bond donors (Lipinski definition) is 0. The van der Waals surface area contributed by atoms with Crippen LogP contribution in [0.2, 0.25) is 0 Å². The Hall–Kier alpha value is -1.57. The van der Waals surface area contributed by atoms with Gasteiger partial charge in [0, 0.05) is 6.42 Å². The van der Waals surface area contributed by atoms with E-state index < -0.39 is 0 Å². The highest BCUT2D eigenvalue weighted by molar-refractivity contribution is 5.92. The Bertz CT molecular complexity index is 336. The Morgan fingerprint density at radius 3 is 2.43 bits per heavy atom. The molecule has 0 N–H and O–H groups in total. The van der Waals surface area contributed by atoms with Crippen LogP contribution in [0, 0.1) is 6.92 Å². The molecular formula is C12H14O2. The Morgan fingerprint density at radius 1 is 1.36 bits per heavy atom. The molecule has 0 unspecified atom stereocenters. The molecule has 0 aliphatic carbocycles. The van der Waals surface area contributed by atoms with Gasteiger partial charge in [-0.1, -0.05) is 31.2 Å². The number of benzene rings is 1. The third-order valence-corrected chi connectivity index (χ3v) is 1.89. The summed E-state index contributed by atoms with van der Waals surface area (Å²) >= 11 is 0. The molecule has 0 saturated heterocycles. The zero-order chi connectivity index (χ0) is 10.6. The van der Waals surface area contributed by atoms with Crippen LogP contribution in [-0.4, -0.2) is 5.78 Å². The van der Waals surface area contributed by atoms with Crippen LogP contribution in [0.3, 0.4) is 0 Å². The van der Waals surface area contributed by atoms with Crippen molar-refractivity contribution in [2.75, 3.05) is 0 Å². The lowest BCUT2D eigenvalue weighted by molar-refractivity contribution is -0.117. The maximum atomic E-state index is 11.2. The first kappa shape index (κ1) is 10.5. The number of aryl methyl sites for hydroxylation is 1. The molecule has 0 fully saturated rings. The van der Waals surface area contributed by atoms with Crippen LogP contribution in [0.4, 0.5) is 0 Å². The highest BCUT2D eigenvalue weighted by Gasteiger charge is 2.05. The quantitative estimate of drug-likeness (QED) is 0.539. The number of ether oxygens (including phenoxy) is 1. The number of allylic oxidation sites excluding steroid dienone is 1. The van der Waals surface area contributed by atoms with Gasteiger partial charge in [0.1, 0.15) is 5.75 Å². The van der Waals surface area contributed by atoms with Crippen molar-refractivity contribution in [2.24, 2.45) is 0 Å². The molecule has 0 amide bonds. The first-order chi connectivity index (χ1) is 6.63. The van der Waals surface area contributed by atoms with Crippen LogP contribution >= 0.6 is 0 Å². The van der Waals surface area contributed by atoms with Crippen LogP contribution in [0.15, 0.2) is 36.6 Å². The van der Waals surface area contributed by atoms with Gasteiger partial charge in [-0.25, -0.2) is 0 Å². The van der Waals surface area contributed by atoms with Crippen molar-refractivity contribution in [3.63, 3.8) is 0 Å². The summed E-state index contributed by atoms with van der Waals surface area (Å²) in [5.74, 6) is 0.796. The van der Waals surface area contributed by atoms with Crippen molar-refractivity contribution in [1.29, 1.82) is 0 Å². The highest BCUT2D eigenvalue weighted by Crippen LogP contribution is 2.14. The van der Waals surface area contributed by atoms with Gasteiger partial charge in [-0.05, 0) is 19.1 Å². The van der Waals surface area contributed by atoms with Crippen molar-refractivity contribution in [3.8, 4) is 5.75 Å². The van der Waals surface area contributed by atoms with Crippen molar-refractivity contribution >= 4 is 5.78 Å². The summed E-state index contributed by atoms with van der Waals surface area (Å²) in [7, 11) is 0. The van der Waals surface area contributed by atoms with Gasteiger partial charge in [0.15, 0.2) is 11.5 Å². The third-order valence-electron chi connectivity index (χ3n) is 1.89.